The molecule has 8 nitrogen and oxygen atoms in total. The van der Waals surface area contributed by atoms with Crippen molar-refractivity contribution >= 4 is 23.4 Å². The molecule has 4 rings (SSSR count). The first-order chi connectivity index (χ1) is 14.9. The first-order valence-electron chi connectivity index (χ1n) is 11.4. The molecule has 0 saturated carbocycles. The molecular formula is C23H33N5O3. The fraction of sp³-hybridized carbons (Fsp3) is 0.609. The van der Waals surface area contributed by atoms with Crippen LogP contribution in [0.5, 0.6) is 0 Å². The standard InChI is InChI=1S/C23H33N5O3/c1-4-16-7-5-6-10-28(16)23-26-20-19(22(31)27-23)17(12-18(29)25-20)21(30)24-15-9-8-13(2)14(3)11-15/h8-9,11,16-17,19-20,23,26H,4-7,10,12H2,1-3H3,(H,24,30)(H,25,29)(H,27,31). The first kappa shape index (κ1) is 21.8. The second kappa shape index (κ2) is 8.96. The summed E-state index contributed by atoms with van der Waals surface area (Å²) < 4.78 is 0. The van der Waals surface area contributed by atoms with Crippen molar-refractivity contribution in [3.63, 3.8) is 0 Å². The lowest BCUT2D eigenvalue weighted by Crippen LogP contribution is -2.75. The van der Waals surface area contributed by atoms with Crippen LogP contribution in [0.3, 0.4) is 0 Å². The van der Waals surface area contributed by atoms with Crippen LogP contribution >= 0.6 is 0 Å². The summed E-state index contributed by atoms with van der Waals surface area (Å²) in [6, 6.07) is 6.09. The van der Waals surface area contributed by atoms with Gasteiger partial charge in [-0.15, -0.1) is 0 Å². The minimum atomic E-state index is -0.725. The van der Waals surface area contributed by atoms with Gasteiger partial charge < -0.3 is 16.0 Å². The van der Waals surface area contributed by atoms with Crippen molar-refractivity contribution in [3.8, 4) is 0 Å². The molecule has 3 saturated heterocycles. The zero-order valence-electron chi connectivity index (χ0n) is 18.5. The van der Waals surface area contributed by atoms with Gasteiger partial charge in [-0.05, 0) is 56.4 Å². The van der Waals surface area contributed by atoms with E-state index in [4.69, 9.17) is 0 Å². The van der Waals surface area contributed by atoms with Crippen molar-refractivity contribution in [1.29, 1.82) is 0 Å². The Labute approximate surface area is 183 Å². The van der Waals surface area contributed by atoms with E-state index in [9.17, 15) is 14.4 Å². The lowest BCUT2D eigenvalue weighted by molar-refractivity contribution is -0.148. The molecule has 1 aromatic rings. The minimum Gasteiger partial charge on any atom is -0.340 e. The molecule has 8 heteroatoms. The van der Waals surface area contributed by atoms with Crippen LogP contribution < -0.4 is 21.3 Å². The second-order valence-corrected chi connectivity index (χ2v) is 9.04. The molecule has 5 atom stereocenters. The Bertz CT molecular complexity index is 873. The molecule has 3 aliphatic heterocycles. The molecule has 3 amide bonds. The number of nitrogens with one attached hydrogen (secondary N) is 4. The smallest absolute Gasteiger partial charge is 0.229 e. The molecule has 0 radical (unpaired) electrons. The Morgan fingerprint density at radius 1 is 1.16 bits per heavy atom. The van der Waals surface area contributed by atoms with Gasteiger partial charge >= 0.3 is 0 Å². The van der Waals surface area contributed by atoms with Crippen LogP contribution in [0.1, 0.15) is 50.2 Å². The molecule has 0 bridgehead atoms. The van der Waals surface area contributed by atoms with Gasteiger partial charge in [0, 0.05) is 24.7 Å². The quantitative estimate of drug-likeness (QED) is 0.584. The Hall–Kier alpha value is -2.45. The molecule has 4 N–H and O–H groups in total. The molecule has 3 aliphatic rings. The molecule has 3 fully saturated rings. The fourth-order valence-electron chi connectivity index (χ4n) is 5.09. The van der Waals surface area contributed by atoms with E-state index in [1.165, 1.54) is 6.42 Å². The van der Waals surface area contributed by atoms with Crippen LogP contribution in [0, 0.1) is 25.7 Å². The number of rotatable bonds is 4. The van der Waals surface area contributed by atoms with Crippen LogP contribution in [-0.4, -0.2) is 47.7 Å². The number of piperidine rings is 2. The van der Waals surface area contributed by atoms with Gasteiger partial charge in [-0.25, -0.2) is 0 Å². The number of carbonyl (C=O) groups excluding carboxylic acids is 3. The van der Waals surface area contributed by atoms with Crippen LogP contribution in [0.4, 0.5) is 5.69 Å². The number of nitrogens with zero attached hydrogens (tertiary/aromatic N) is 1. The summed E-state index contributed by atoms with van der Waals surface area (Å²) in [5, 5.41) is 12.3. The number of benzene rings is 1. The van der Waals surface area contributed by atoms with Crippen molar-refractivity contribution in [2.45, 2.75) is 71.4 Å². The van der Waals surface area contributed by atoms with E-state index >= 15 is 0 Å². The van der Waals surface area contributed by atoms with Crippen molar-refractivity contribution in [2.24, 2.45) is 11.8 Å². The lowest BCUT2D eigenvalue weighted by atomic mass is 9.81. The van der Waals surface area contributed by atoms with E-state index in [2.05, 4.69) is 33.1 Å². The van der Waals surface area contributed by atoms with Crippen molar-refractivity contribution in [3.05, 3.63) is 29.3 Å². The number of fused-ring (bicyclic) bond motifs is 1. The zero-order chi connectivity index (χ0) is 22.1. The molecule has 3 heterocycles. The molecule has 168 valence electrons. The number of amides is 3. The first-order valence-corrected chi connectivity index (χ1v) is 11.4. The van der Waals surface area contributed by atoms with Crippen LogP contribution in [-0.2, 0) is 14.4 Å². The number of likely N-dealkylation sites (tertiary alicyclic amines) is 1. The summed E-state index contributed by atoms with van der Waals surface area (Å²) in [5.41, 5.74) is 2.89. The Morgan fingerprint density at radius 3 is 2.71 bits per heavy atom. The van der Waals surface area contributed by atoms with Gasteiger partial charge in [0.1, 0.15) is 6.29 Å². The summed E-state index contributed by atoms with van der Waals surface area (Å²) in [7, 11) is 0. The third-order valence-electron chi connectivity index (χ3n) is 7.02. The van der Waals surface area contributed by atoms with E-state index < -0.39 is 18.0 Å². The summed E-state index contributed by atoms with van der Waals surface area (Å²) in [5.74, 6) is -2.07. The van der Waals surface area contributed by atoms with E-state index in [0.717, 1.165) is 36.9 Å². The summed E-state index contributed by atoms with van der Waals surface area (Å²) >= 11 is 0. The number of anilines is 1. The van der Waals surface area contributed by atoms with E-state index in [1.807, 2.05) is 32.0 Å². The molecule has 5 unspecified atom stereocenters. The van der Waals surface area contributed by atoms with Crippen LogP contribution in [0.15, 0.2) is 18.2 Å². The van der Waals surface area contributed by atoms with E-state index in [-0.39, 0.29) is 30.4 Å². The number of aryl methyl sites for hydroxylation is 2. The van der Waals surface area contributed by atoms with E-state index in [1.54, 1.807) is 0 Å². The molecule has 1 aromatic carbocycles. The van der Waals surface area contributed by atoms with Gasteiger partial charge in [0.25, 0.3) is 0 Å². The maximum Gasteiger partial charge on any atom is 0.229 e. The van der Waals surface area contributed by atoms with Gasteiger partial charge in [0.05, 0.1) is 18.0 Å². The number of hydrogen-bond acceptors (Lipinski definition) is 5. The molecule has 0 aromatic heterocycles. The Balaban J connectivity index is 1.50. The van der Waals surface area contributed by atoms with Crippen molar-refractivity contribution in [1.82, 2.24) is 20.9 Å². The van der Waals surface area contributed by atoms with Gasteiger partial charge in [0.2, 0.25) is 17.7 Å². The monoisotopic (exact) mass is 427 g/mol. The third-order valence-corrected chi connectivity index (χ3v) is 7.02. The second-order valence-electron chi connectivity index (χ2n) is 9.04. The average molecular weight is 428 g/mol. The lowest BCUT2D eigenvalue weighted by Gasteiger charge is -2.49. The highest BCUT2D eigenvalue weighted by Crippen LogP contribution is 2.30. The van der Waals surface area contributed by atoms with Gasteiger partial charge in [0.15, 0.2) is 0 Å². The average Bonchev–Trinajstić information content (AvgIpc) is 2.75. The van der Waals surface area contributed by atoms with Crippen LogP contribution in [0.25, 0.3) is 0 Å². The summed E-state index contributed by atoms with van der Waals surface area (Å²) in [6.45, 7) is 7.05. The SMILES string of the molecule is CCC1CCCCN1C1NC(=O)C2C(NC(=O)CC2C(=O)Nc2ccc(C)c(C)c2)N1. The number of hydrogen-bond donors (Lipinski definition) is 4. The Morgan fingerprint density at radius 2 is 1.97 bits per heavy atom. The minimum absolute atomic E-state index is 0.00108. The normalized spacial score (nSPS) is 31.4. The van der Waals surface area contributed by atoms with E-state index in [0.29, 0.717) is 11.7 Å². The molecular weight excluding hydrogens is 394 g/mol. The Kier molecular flexibility index (Phi) is 6.29. The largest absolute Gasteiger partial charge is 0.340 e. The highest BCUT2D eigenvalue weighted by molar-refractivity contribution is 6.00. The molecule has 0 spiro atoms. The highest BCUT2D eigenvalue weighted by Gasteiger charge is 2.49. The predicted molar refractivity (Wildman–Crippen MR) is 118 cm³/mol. The molecule has 31 heavy (non-hydrogen) atoms. The predicted octanol–water partition coefficient (Wildman–Crippen LogP) is 1.59. The third kappa shape index (κ3) is 4.45. The highest BCUT2D eigenvalue weighted by atomic mass is 16.2. The fourth-order valence-corrected chi connectivity index (χ4v) is 5.09. The van der Waals surface area contributed by atoms with Crippen LogP contribution in [0.2, 0.25) is 0 Å². The van der Waals surface area contributed by atoms with Gasteiger partial charge in [-0.1, -0.05) is 19.4 Å². The van der Waals surface area contributed by atoms with Gasteiger partial charge in [-0.2, -0.15) is 0 Å². The number of carbonyl (C=O) groups is 3. The maximum absolute atomic E-state index is 13.1. The summed E-state index contributed by atoms with van der Waals surface area (Å²) in [4.78, 5) is 40.9. The maximum atomic E-state index is 13.1. The molecule has 0 aliphatic carbocycles. The zero-order valence-corrected chi connectivity index (χ0v) is 18.5. The van der Waals surface area contributed by atoms with Crippen molar-refractivity contribution < 1.29 is 14.4 Å². The van der Waals surface area contributed by atoms with Crippen molar-refractivity contribution in [2.75, 3.05) is 11.9 Å². The topological polar surface area (TPSA) is 103 Å². The summed E-state index contributed by atoms with van der Waals surface area (Å²) in [6.07, 6.45) is 3.50. The van der Waals surface area contributed by atoms with Gasteiger partial charge in [-0.3, -0.25) is 24.6 Å².